The van der Waals surface area contributed by atoms with Crippen LogP contribution in [0.2, 0.25) is 0 Å². The predicted molar refractivity (Wildman–Crippen MR) is 81.5 cm³/mol. The highest BCUT2D eigenvalue weighted by atomic mass is 14.6. The van der Waals surface area contributed by atoms with Gasteiger partial charge in [-0.25, -0.2) is 0 Å². The lowest BCUT2D eigenvalue weighted by molar-refractivity contribution is 0.573. The molecule has 0 aliphatic heterocycles. The molecule has 0 radical (unpaired) electrons. The molecule has 20 heavy (non-hydrogen) atoms. The summed E-state index contributed by atoms with van der Waals surface area (Å²) in [5, 5.41) is 8.95. The summed E-state index contributed by atoms with van der Waals surface area (Å²) < 4.78 is 0. The van der Waals surface area contributed by atoms with Gasteiger partial charge in [-0.05, 0) is 54.0 Å². The van der Waals surface area contributed by atoms with E-state index in [0.717, 1.165) is 18.4 Å². The molecule has 0 amide bonds. The summed E-state index contributed by atoms with van der Waals surface area (Å²) in [5.74, 6) is 0.993. The van der Waals surface area contributed by atoms with E-state index >= 15 is 0 Å². The Balaban J connectivity index is 1.95. The van der Waals surface area contributed by atoms with Crippen molar-refractivity contribution in [3.05, 3.63) is 65.5 Å². The lowest BCUT2D eigenvalue weighted by Crippen LogP contribution is -1.99. The number of nitrogens with zero attached hydrogens (tertiary/aromatic N) is 2. The largest absolute Gasteiger partial charge is 0.264 e. The number of hydrogen-bond donors (Lipinski definition) is 0. The van der Waals surface area contributed by atoms with Crippen LogP contribution >= 0.6 is 0 Å². The third-order valence-electron chi connectivity index (χ3n) is 3.87. The minimum absolute atomic E-state index is 0.474. The van der Waals surface area contributed by atoms with Crippen molar-refractivity contribution in [3.63, 3.8) is 0 Å². The number of benzene rings is 1. The first-order chi connectivity index (χ1) is 9.70. The molecule has 2 rings (SSSR count). The minimum atomic E-state index is 0.474. The van der Waals surface area contributed by atoms with Crippen LogP contribution in [0.1, 0.15) is 55.2 Å². The maximum Gasteiger partial charge on any atom is 0.0991 e. The molecular weight excluding hydrogens is 244 g/mol. The molecule has 0 saturated heterocycles. The highest BCUT2D eigenvalue weighted by Crippen LogP contribution is 2.27. The molecule has 2 nitrogen and oxygen atoms in total. The average molecular weight is 264 g/mol. The van der Waals surface area contributed by atoms with Crippen molar-refractivity contribution < 1.29 is 0 Å². The molecule has 0 N–H and O–H groups in total. The summed E-state index contributed by atoms with van der Waals surface area (Å²) >= 11 is 0. The van der Waals surface area contributed by atoms with Gasteiger partial charge in [0.05, 0.1) is 11.6 Å². The van der Waals surface area contributed by atoms with Crippen LogP contribution in [0.15, 0.2) is 48.8 Å². The van der Waals surface area contributed by atoms with E-state index in [1.165, 1.54) is 11.1 Å². The Labute approximate surface area is 121 Å². The van der Waals surface area contributed by atoms with Gasteiger partial charge in [0.2, 0.25) is 0 Å². The number of pyridine rings is 1. The Kier molecular flexibility index (Phi) is 4.90. The molecule has 1 aromatic carbocycles. The van der Waals surface area contributed by atoms with Crippen LogP contribution < -0.4 is 0 Å². The first kappa shape index (κ1) is 14.3. The molecule has 0 bridgehead atoms. The molecule has 0 aliphatic carbocycles. The van der Waals surface area contributed by atoms with Gasteiger partial charge in [-0.1, -0.05) is 32.0 Å². The highest BCUT2D eigenvalue weighted by Gasteiger charge is 2.10. The van der Waals surface area contributed by atoms with Crippen molar-refractivity contribution >= 4 is 0 Å². The molecule has 2 aromatic rings. The molecule has 0 fully saturated rings. The van der Waals surface area contributed by atoms with E-state index in [4.69, 9.17) is 5.26 Å². The number of rotatable bonds is 5. The van der Waals surface area contributed by atoms with Crippen molar-refractivity contribution in [2.24, 2.45) is 0 Å². The Morgan fingerprint density at radius 3 is 2.40 bits per heavy atom. The smallest absolute Gasteiger partial charge is 0.0991 e. The average Bonchev–Trinajstić information content (AvgIpc) is 2.53. The summed E-state index contributed by atoms with van der Waals surface area (Å²) in [6, 6.07) is 14.3. The molecule has 1 aromatic heterocycles. The summed E-state index contributed by atoms with van der Waals surface area (Å²) in [4.78, 5) is 4.18. The second kappa shape index (κ2) is 6.86. The quantitative estimate of drug-likeness (QED) is 0.788. The standard InChI is InChI=1S/C18H20N2/c1-14(17-6-3-5-16(11-17)12-19)8-9-15(2)18-7-4-10-20-13-18/h3-7,10-11,13-15H,8-9H2,1-2H3. The van der Waals surface area contributed by atoms with Crippen LogP contribution in [0.25, 0.3) is 0 Å². The van der Waals surface area contributed by atoms with Gasteiger partial charge in [-0.3, -0.25) is 4.98 Å². The molecule has 0 saturated carbocycles. The first-order valence-electron chi connectivity index (χ1n) is 7.10. The molecule has 102 valence electrons. The molecule has 0 spiro atoms. The molecule has 1 heterocycles. The third-order valence-corrected chi connectivity index (χ3v) is 3.87. The van der Waals surface area contributed by atoms with Gasteiger partial charge < -0.3 is 0 Å². The fourth-order valence-corrected chi connectivity index (χ4v) is 2.42. The lowest BCUT2D eigenvalue weighted by Gasteiger charge is -2.16. The summed E-state index contributed by atoms with van der Waals surface area (Å²) in [6.07, 6.45) is 6.01. The third kappa shape index (κ3) is 3.68. The van der Waals surface area contributed by atoms with Crippen molar-refractivity contribution in [2.75, 3.05) is 0 Å². The van der Waals surface area contributed by atoms with Crippen LogP contribution in [0, 0.1) is 11.3 Å². The lowest BCUT2D eigenvalue weighted by atomic mass is 9.89. The Bertz CT molecular complexity index is 584. The summed E-state index contributed by atoms with van der Waals surface area (Å²) in [5.41, 5.74) is 3.29. The van der Waals surface area contributed by atoms with E-state index < -0.39 is 0 Å². The van der Waals surface area contributed by atoms with Gasteiger partial charge >= 0.3 is 0 Å². The van der Waals surface area contributed by atoms with E-state index in [0.29, 0.717) is 11.8 Å². The Morgan fingerprint density at radius 2 is 1.75 bits per heavy atom. The Morgan fingerprint density at radius 1 is 1.05 bits per heavy atom. The van der Waals surface area contributed by atoms with Crippen molar-refractivity contribution in [1.82, 2.24) is 4.98 Å². The van der Waals surface area contributed by atoms with Crippen LogP contribution in [0.5, 0.6) is 0 Å². The van der Waals surface area contributed by atoms with E-state index in [1.807, 2.05) is 36.7 Å². The van der Waals surface area contributed by atoms with Gasteiger partial charge in [-0.15, -0.1) is 0 Å². The number of hydrogen-bond acceptors (Lipinski definition) is 2. The minimum Gasteiger partial charge on any atom is -0.264 e. The maximum absolute atomic E-state index is 8.95. The van der Waals surface area contributed by atoms with Crippen LogP contribution in [0.4, 0.5) is 0 Å². The van der Waals surface area contributed by atoms with Gasteiger partial charge in [0.1, 0.15) is 0 Å². The zero-order valence-corrected chi connectivity index (χ0v) is 12.1. The fraction of sp³-hybridized carbons (Fsp3) is 0.333. The van der Waals surface area contributed by atoms with Crippen molar-refractivity contribution in [1.29, 1.82) is 5.26 Å². The first-order valence-corrected chi connectivity index (χ1v) is 7.10. The normalized spacial score (nSPS) is 13.4. The zero-order chi connectivity index (χ0) is 14.4. The van der Waals surface area contributed by atoms with E-state index in [-0.39, 0.29) is 0 Å². The SMILES string of the molecule is CC(CCC(C)c1cccc(C#N)c1)c1cccnc1. The van der Waals surface area contributed by atoms with Crippen molar-refractivity contribution in [2.45, 2.75) is 38.5 Å². The Hall–Kier alpha value is -2.14. The van der Waals surface area contributed by atoms with E-state index in [1.54, 1.807) is 0 Å². The zero-order valence-electron chi connectivity index (χ0n) is 12.1. The topological polar surface area (TPSA) is 36.7 Å². The predicted octanol–water partition coefficient (Wildman–Crippen LogP) is 4.64. The maximum atomic E-state index is 8.95. The van der Waals surface area contributed by atoms with Crippen LogP contribution in [-0.4, -0.2) is 4.98 Å². The van der Waals surface area contributed by atoms with Gasteiger partial charge in [0.15, 0.2) is 0 Å². The van der Waals surface area contributed by atoms with Gasteiger partial charge in [0.25, 0.3) is 0 Å². The van der Waals surface area contributed by atoms with Crippen LogP contribution in [-0.2, 0) is 0 Å². The van der Waals surface area contributed by atoms with Crippen LogP contribution in [0.3, 0.4) is 0 Å². The van der Waals surface area contributed by atoms with E-state index in [2.05, 4.69) is 37.0 Å². The molecule has 0 aliphatic rings. The monoisotopic (exact) mass is 264 g/mol. The van der Waals surface area contributed by atoms with Gasteiger partial charge in [-0.2, -0.15) is 5.26 Å². The number of nitriles is 1. The molecule has 2 heteroatoms. The molecule has 2 atom stereocenters. The van der Waals surface area contributed by atoms with Crippen molar-refractivity contribution in [3.8, 4) is 6.07 Å². The second-order valence-electron chi connectivity index (χ2n) is 5.40. The second-order valence-corrected chi connectivity index (χ2v) is 5.40. The fourth-order valence-electron chi connectivity index (χ4n) is 2.42. The highest BCUT2D eigenvalue weighted by molar-refractivity contribution is 5.34. The summed E-state index contributed by atoms with van der Waals surface area (Å²) in [7, 11) is 0. The van der Waals surface area contributed by atoms with E-state index in [9.17, 15) is 0 Å². The molecule has 2 unspecified atom stereocenters. The summed E-state index contributed by atoms with van der Waals surface area (Å²) in [6.45, 7) is 4.47. The molecular formula is C18H20N2. The number of aromatic nitrogens is 1. The van der Waals surface area contributed by atoms with Gasteiger partial charge in [0, 0.05) is 12.4 Å².